The van der Waals surface area contributed by atoms with Crippen LogP contribution in [0, 0.1) is 26.3 Å². The second-order valence-corrected chi connectivity index (χ2v) is 20.4. The average Bonchev–Trinajstić information content (AvgIpc) is 4.28. The lowest BCUT2D eigenvalue weighted by atomic mass is 9.93. The molecule has 28 heteroatoms. The number of aliphatic carboxylic acids is 2. The molecule has 6 rings (SSSR count). The predicted molar refractivity (Wildman–Crippen MR) is 302 cm³/mol. The fraction of sp³-hybridized carbons (Fsp3) is 0.352. The molecular weight excluding hydrogens is 1100 g/mol. The van der Waals surface area contributed by atoms with Crippen LogP contribution >= 0.6 is 22.7 Å². The number of esters is 3. The highest BCUT2D eigenvalue weighted by Gasteiger charge is 2.30. The molecule has 0 saturated heterocycles. The number of thiazole rings is 2. The first-order chi connectivity index (χ1) is 39.3. The van der Waals surface area contributed by atoms with Gasteiger partial charge in [0, 0.05) is 23.1 Å². The Bertz CT molecular complexity index is 3550. The summed E-state index contributed by atoms with van der Waals surface area (Å²) in [4.78, 5) is 95.4. The number of carboxylic acid groups (broad SMARTS) is 2. The molecule has 0 saturated carbocycles. The van der Waals surface area contributed by atoms with Crippen molar-refractivity contribution in [2.45, 2.75) is 78.8 Å². The first-order valence-corrected chi connectivity index (χ1v) is 26.7. The SMILES string of the molecule is [C-]#[N+]c1nc(N=Nc2sc(N(CCOC(=O)CCC(=O)O)CCOC(=O)CCC(=O)O)nc2-c2ccccc2)n(Cc2ccccc2Cn2c(N=Nc3sc(N(CC)CCOC(=O)C(=C)C)nc3C(C)(C)C)nc([N+]#[C-])c2[N+]#[C-])c1[N+]#[C-]. The largest absolute Gasteiger partial charge is 0.481 e. The summed E-state index contributed by atoms with van der Waals surface area (Å²) in [5, 5.41) is 37.9. The van der Waals surface area contributed by atoms with Crippen LogP contribution in [0.15, 0.2) is 87.2 Å². The van der Waals surface area contributed by atoms with Gasteiger partial charge in [-0.3, -0.25) is 19.2 Å². The number of hydrogen-bond donors (Lipinski definition) is 2. The van der Waals surface area contributed by atoms with Gasteiger partial charge in [0.25, 0.3) is 23.3 Å². The number of imidazole rings is 2. The van der Waals surface area contributed by atoms with Gasteiger partial charge in [-0.1, -0.05) is 151 Å². The number of likely N-dealkylation sites (N-methyl/N-ethyl adjacent to an activating group) is 1. The van der Waals surface area contributed by atoms with Gasteiger partial charge in [0.05, 0.1) is 51.0 Å². The van der Waals surface area contributed by atoms with Crippen molar-refractivity contribution in [3.8, 4) is 11.3 Å². The van der Waals surface area contributed by atoms with Gasteiger partial charge in [0.1, 0.15) is 38.6 Å². The van der Waals surface area contributed by atoms with E-state index in [1.165, 1.54) is 20.5 Å². The van der Waals surface area contributed by atoms with E-state index in [-0.39, 0.29) is 105 Å². The Labute approximate surface area is 479 Å². The van der Waals surface area contributed by atoms with Crippen molar-refractivity contribution in [2.75, 3.05) is 55.8 Å². The Kier molecular flexibility index (Phi) is 21.4. The minimum atomic E-state index is -1.17. The van der Waals surface area contributed by atoms with E-state index >= 15 is 0 Å². The smallest absolute Gasteiger partial charge is 0.417 e. The zero-order chi connectivity index (χ0) is 59.5. The van der Waals surface area contributed by atoms with Gasteiger partial charge in [0.15, 0.2) is 20.3 Å². The zero-order valence-electron chi connectivity index (χ0n) is 45.2. The summed E-state index contributed by atoms with van der Waals surface area (Å²) in [7, 11) is 0. The molecule has 0 aliphatic carbocycles. The summed E-state index contributed by atoms with van der Waals surface area (Å²) in [6, 6.07) is 16.0. The number of carboxylic acids is 2. The molecule has 2 N–H and O–H groups in total. The standard InChI is InChI=1S/C54H54N16O10S2/c1-11-67(25-30-80-49(77)33(2)3)53-60-42(54(4,5)6)48(82-53)64-66-51-62-44(56-8)46(58-10)70(51)32-36-20-16-15-19-35(36)31-69-45(57-9)43(55-7)61-50(69)65-63-47-41(34-17-13-12-14-18-34)59-52(81-47)68(26-28-78-39(75)23-21-37(71)72)27-29-79-40(76)24-22-38(73)74/h12-20H,2,11,21-32H2,1,3-6H3,(H,71,72)(H,73,74). The third-order valence-electron chi connectivity index (χ3n) is 11.6. The van der Waals surface area contributed by atoms with Crippen LogP contribution in [-0.4, -0.2) is 115 Å². The van der Waals surface area contributed by atoms with Gasteiger partial charge in [-0.25, -0.2) is 23.9 Å². The molecule has 0 radical (unpaired) electrons. The van der Waals surface area contributed by atoms with Crippen molar-refractivity contribution in [2.24, 2.45) is 20.5 Å². The van der Waals surface area contributed by atoms with E-state index in [9.17, 15) is 24.0 Å². The molecule has 6 aromatic rings. The Balaban J connectivity index is 1.34. The summed E-state index contributed by atoms with van der Waals surface area (Å²) in [5.41, 5.74) is 2.58. The molecule has 0 atom stereocenters. The molecular formula is C54H54N16O10S2. The topological polar surface area (TPSA) is 288 Å². The van der Waals surface area contributed by atoms with E-state index in [4.69, 9.17) is 60.7 Å². The van der Waals surface area contributed by atoms with Gasteiger partial charge in [-0.2, -0.15) is 0 Å². The maximum atomic E-state index is 12.3. The lowest BCUT2D eigenvalue weighted by Gasteiger charge is -2.21. The van der Waals surface area contributed by atoms with E-state index in [2.05, 4.69) is 56.4 Å². The molecule has 0 spiro atoms. The van der Waals surface area contributed by atoms with E-state index in [0.29, 0.717) is 56.4 Å². The van der Waals surface area contributed by atoms with Crippen molar-refractivity contribution < 1.29 is 48.4 Å². The number of aromatic nitrogens is 6. The molecule has 0 unspecified atom stereocenters. The van der Waals surface area contributed by atoms with Crippen LogP contribution in [-0.2, 0) is 56.7 Å². The summed E-state index contributed by atoms with van der Waals surface area (Å²) in [6.45, 7) is 45.6. The lowest BCUT2D eigenvalue weighted by Crippen LogP contribution is -2.32. The van der Waals surface area contributed by atoms with Gasteiger partial charge in [0.2, 0.25) is 0 Å². The highest BCUT2D eigenvalue weighted by Crippen LogP contribution is 2.44. The first-order valence-electron chi connectivity index (χ1n) is 25.0. The molecule has 0 aliphatic heterocycles. The predicted octanol–water partition coefficient (Wildman–Crippen LogP) is 11.7. The van der Waals surface area contributed by atoms with Crippen LogP contribution < -0.4 is 9.80 Å². The summed E-state index contributed by atoms with van der Waals surface area (Å²) < 4.78 is 18.8. The van der Waals surface area contributed by atoms with Crippen LogP contribution in [0.1, 0.15) is 77.1 Å². The monoisotopic (exact) mass is 1150 g/mol. The normalized spacial score (nSPS) is 11.1. The van der Waals surface area contributed by atoms with E-state index in [1.807, 2.05) is 32.6 Å². The molecule has 422 valence electrons. The Hall–Kier alpha value is -10.0. The fourth-order valence-corrected chi connectivity index (χ4v) is 9.64. The van der Waals surface area contributed by atoms with E-state index in [0.717, 1.165) is 11.3 Å². The van der Waals surface area contributed by atoms with Crippen LogP contribution in [0.25, 0.3) is 30.6 Å². The molecule has 26 nitrogen and oxygen atoms in total. The van der Waals surface area contributed by atoms with Crippen LogP contribution in [0.5, 0.6) is 0 Å². The maximum absolute atomic E-state index is 12.3. The maximum Gasteiger partial charge on any atom is 0.417 e. The van der Waals surface area contributed by atoms with Crippen molar-refractivity contribution in [3.05, 3.63) is 129 Å². The van der Waals surface area contributed by atoms with Crippen molar-refractivity contribution >= 4 is 108 Å². The lowest BCUT2D eigenvalue weighted by molar-refractivity contribution is -0.147. The van der Waals surface area contributed by atoms with Crippen LogP contribution in [0.4, 0.5) is 55.4 Å². The number of anilines is 2. The minimum absolute atomic E-state index is 0.00162. The number of nitrogens with zero attached hydrogens (tertiary/aromatic N) is 16. The number of azo groups is 2. The third kappa shape index (κ3) is 16.3. The minimum Gasteiger partial charge on any atom is -0.481 e. The Morgan fingerprint density at radius 1 is 0.634 bits per heavy atom. The second kappa shape index (κ2) is 28.7. The molecule has 0 aliphatic rings. The van der Waals surface area contributed by atoms with Crippen molar-refractivity contribution in [1.82, 2.24) is 29.1 Å². The van der Waals surface area contributed by atoms with Crippen LogP contribution in [0.2, 0.25) is 0 Å². The van der Waals surface area contributed by atoms with E-state index < -0.39 is 48.1 Å². The van der Waals surface area contributed by atoms with Gasteiger partial charge >= 0.3 is 41.7 Å². The fourth-order valence-electron chi connectivity index (χ4n) is 7.49. The first kappa shape index (κ1) is 61.2. The number of ether oxygens (including phenoxy) is 3. The molecule has 82 heavy (non-hydrogen) atoms. The molecule has 2 aromatic carbocycles. The van der Waals surface area contributed by atoms with Gasteiger partial charge in [-0.05, 0) is 25.0 Å². The van der Waals surface area contributed by atoms with Crippen molar-refractivity contribution in [1.29, 1.82) is 0 Å². The molecule has 0 amide bonds. The summed E-state index contributed by atoms with van der Waals surface area (Å²) in [5.74, 6) is -5.19. The third-order valence-corrected chi connectivity index (χ3v) is 13.6. The number of rotatable bonds is 28. The molecule has 4 heterocycles. The van der Waals surface area contributed by atoms with Gasteiger partial charge < -0.3 is 53.6 Å². The summed E-state index contributed by atoms with van der Waals surface area (Å²) >= 11 is 2.32. The second-order valence-electron chi connectivity index (χ2n) is 18.5. The van der Waals surface area contributed by atoms with Crippen molar-refractivity contribution in [3.63, 3.8) is 0 Å². The molecule has 0 fully saturated rings. The average molecular weight is 1150 g/mol. The number of hydrogen-bond acceptors (Lipinski definition) is 20. The Morgan fingerprint density at radius 2 is 1.10 bits per heavy atom. The highest BCUT2D eigenvalue weighted by molar-refractivity contribution is 7.20. The number of carbonyl (C=O) groups is 5. The number of benzene rings is 2. The quantitative estimate of drug-likeness (QED) is 0.0152. The van der Waals surface area contributed by atoms with Crippen LogP contribution in [0.3, 0.4) is 0 Å². The molecule has 0 bridgehead atoms. The number of carbonyl (C=O) groups excluding carboxylic acids is 3. The summed E-state index contributed by atoms with van der Waals surface area (Å²) in [6.07, 6.45) is -1.58. The highest BCUT2D eigenvalue weighted by atomic mass is 32.1. The molecule has 4 aromatic heterocycles. The zero-order valence-corrected chi connectivity index (χ0v) is 46.9. The Morgan fingerprint density at radius 3 is 1.56 bits per heavy atom. The van der Waals surface area contributed by atoms with E-state index in [1.54, 1.807) is 66.4 Å². The van der Waals surface area contributed by atoms with Gasteiger partial charge in [-0.15, -0.1) is 10.2 Å².